The predicted octanol–water partition coefficient (Wildman–Crippen LogP) is 3.13. The van der Waals surface area contributed by atoms with Gasteiger partial charge in [0.25, 0.3) is 0 Å². The van der Waals surface area contributed by atoms with Crippen molar-refractivity contribution in [3.63, 3.8) is 0 Å². The first-order valence-corrected chi connectivity index (χ1v) is 5.95. The van der Waals surface area contributed by atoms with Crippen molar-refractivity contribution in [2.24, 2.45) is 5.41 Å². The summed E-state index contributed by atoms with van der Waals surface area (Å²) in [4.78, 5) is 11.4. The van der Waals surface area contributed by atoms with Gasteiger partial charge in [0.2, 0.25) is 0 Å². The smallest absolute Gasteiger partial charge is 0.434 e. The van der Waals surface area contributed by atoms with Crippen molar-refractivity contribution in [3.05, 3.63) is 29.8 Å². The third kappa shape index (κ3) is 5.68. The minimum atomic E-state index is -0.698. The molecule has 0 atom stereocenters. The molecule has 18 heavy (non-hydrogen) atoms. The lowest BCUT2D eigenvalue weighted by Crippen LogP contribution is -2.15. The third-order valence-corrected chi connectivity index (χ3v) is 2.38. The largest absolute Gasteiger partial charge is 0.513 e. The molecular weight excluding hydrogens is 232 g/mol. The second kappa shape index (κ2) is 6.40. The van der Waals surface area contributed by atoms with Crippen molar-refractivity contribution in [2.75, 3.05) is 6.61 Å². The highest BCUT2D eigenvalue weighted by atomic mass is 16.7. The normalized spacial score (nSPS) is 11.1. The molecule has 0 aliphatic heterocycles. The van der Waals surface area contributed by atoms with Gasteiger partial charge in [-0.25, -0.2) is 4.79 Å². The SMILES string of the molecule is CC(C)(C)CCOC(=O)Oc1ccc(CO)cc1. The minimum Gasteiger partial charge on any atom is -0.434 e. The second-order valence-corrected chi connectivity index (χ2v) is 5.31. The molecule has 0 unspecified atom stereocenters. The first-order valence-electron chi connectivity index (χ1n) is 5.95. The Balaban J connectivity index is 2.35. The molecule has 4 heteroatoms. The molecule has 0 amide bonds. The Morgan fingerprint density at radius 2 is 1.83 bits per heavy atom. The highest BCUT2D eigenvalue weighted by Gasteiger charge is 2.12. The van der Waals surface area contributed by atoms with E-state index < -0.39 is 6.16 Å². The van der Waals surface area contributed by atoms with Crippen LogP contribution in [0.4, 0.5) is 4.79 Å². The Bertz CT molecular complexity index is 376. The fourth-order valence-electron chi connectivity index (χ4n) is 1.23. The third-order valence-electron chi connectivity index (χ3n) is 2.38. The van der Waals surface area contributed by atoms with Gasteiger partial charge >= 0.3 is 6.16 Å². The number of aliphatic hydroxyl groups excluding tert-OH is 1. The van der Waals surface area contributed by atoms with E-state index in [0.717, 1.165) is 12.0 Å². The van der Waals surface area contributed by atoms with Crippen molar-refractivity contribution < 1.29 is 19.4 Å². The molecule has 0 aliphatic carbocycles. The molecule has 0 fully saturated rings. The quantitative estimate of drug-likeness (QED) is 0.660. The van der Waals surface area contributed by atoms with Gasteiger partial charge in [-0.3, -0.25) is 0 Å². The van der Waals surface area contributed by atoms with Crippen LogP contribution in [0.5, 0.6) is 5.75 Å². The lowest BCUT2D eigenvalue weighted by molar-refractivity contribution is 0.0887. The summed E-state index contributed by atoms with van der Waals surface area (Å²) in [6.07, 6.45) is 0.0851. The lowest BCUT2D eigenvalue weighted by Gasteiger charge is -2.17. The van der Waals surface area contributed by atoms with Gasteiger partial charge < -0.3 is 14.6 Å². The average molecular weight is 252 g/mol. The summed E-state index contributed by atoms with van der Waals surface area (Å²) < 4.78 is 9.95. The van der Waals surface area contributed by atoms with Crippen LogP contribution in [-0.4, -0.2) is 17.9 Å². The molecule has 1 rings (SSSR count). The molecule has 0 bridgehead atoms. The number of carbonyl (C=O) groups is 1. The molecule has 1 aromatic rings. The van der Waals surface area contributed by atoms with E-state index in [1.807, 2.05) is 0 Å². The molecule has 4 nitrogen and oxygen atoms in total. The van der Waals surface area contributed by atoms with E-state index >= 15 is 0 Å². The maximum atomic E-state index is 11.4. The Morgan fingerprint density at radius 3 is 2.33 bits per heavy atom. The molecule has 0 saturated heterocycles. The Morgan fingerprint density at radius 1 is 1.22 bits per heavy atom. The van der Waals surface area contributed by atoms with Crippen LogP contribution in [0.1, 0.15) is 32.8 Å². The summed E-state index contributed by atoms with van der Waals surface area (Å²) >= 11 is 0. The standard InChI is InChI=1S/C14H20O4/c1-14(2,3)8-9-17-13(16)18-12-6-4-11(10-15)5-7-12/h4-7,15H,8-10H2,1-3H3. The minimum absolute atomic E-state index is 0.0314. The molecule has 0 spiro atoms. The lowest BCUT2D eigenvalue weighted by atomic mass is 9.93. The van der Waals surface area contributed by atoms with Gasteiger partial charge in [0.15, 0.2) is 0 Å². The number of carbonyl (C=O) groups excluding carboxylic acids is 1. The fourth-order valence-corrected chi connectivity index (χ4v) is 1.23. The van der Waals surface area contributed by atoms with E-state index in [9.17, 15) is 4.79 Å². The van der Waals surface area contributed by atoms with Gasteiger partial charge in [-0.05, 0) is 29.5 Å². The maximum Gasteiger partial charge on any atom is 0.513 e. The van der Waals surface area contributed by atoms with Crippen molar-refractivity contribution in [1.82, 2.24) is 0 Å². The monoisotopic (exact) mass is 252 g/mol. The summed E-state index contributed by atoms with van der Waals surface area (Å²) in [5, 5.41) is 8.87. The summed E-state index contributed by atoms with van der Waals surface area (Å²) in [5.41, 5.74) is 0.895. The Labute approximate surface area is 108 Å². The van der Waals surface area contributed by atoms with Crippen molar-refractivity contribution in [3.8, 4) is 5.75 Å². The number of ether oxygens (including phenoxy) is 2. The zero-order valence-corrected chi connectivity index (χ0v) is 11.1. The van der Waals surface area contributed by atoms with Crippen LogP contribution >= 0.6 is 0 Å². The number of rotatable bonds is 4. The molecule has 0 saturated carbocycles. The Hall–Kier alpha value is -1.55. The summed E-state index contributed by atoms with van der Waals surface area (Å²) in [7, 11) is 0. The van der Waals surface area contributed by atoms with Crippen LogP contribution in [0.25, 0.3) is 0 Å². The van der Waals surface area contributed by atoms with Crippen LogP contribution in [-0.2, 0) is 11.3 Å². The first kappa shape index (κ1) is 14.5. The first-order chi connectivity index (χ1) is 8.40. The van der Waals surface area contributed by atoms with Gasteiger partial charge in [0, 0.05) is 0 Å². The molecule has 1 aromatic carbocycles. The summed E-state index contributed by atoms with van der Waals surface area (Å²) in [6, 6.07) is 6.63. The van der Waals surface area contributed by atoms with Gasteiger partial charge in [-0.1, -0.05) is 32.9 Å². The fraction of sp³-hybridized carbons (Fsp3) is 0.500. The zero-order chi connectivity index (χ0) is 13.6. The molecule has 0 aliphatic rings. The van der Waals surface area contributed by atoms with Crippen LogP contribution in [0.3, 0.4) is 0 Å². The van der Waals surface area contributed by atoms with Gasteiger partial charge in [0.1, 0.15) is 5.75 Å². The van der Waals surface area contributed by atoms with Crippen LogP contribution in [0, 0.1) is 5.41 Å². The second-order valence-electron chi connectivity index (χ2n) is 5.31. The van der Waals surface area contributed by atoms with Gasteiger partial charge in [-0.2, -0.15) is 0 Å². The van der Waals surface area contributed by atoms with E-state index in [-0.39, 0.29) is 12.0 Å². The molecule has 1 N–H and O–H groups in total. The number of benzene rings is 1. The highest BCUT2D eigenvalue weighted by molar-refractivity contribution is 5.63. The molecular formula is C14H20O4. The molecule has 100 valence electrons. The van der Waals surface area contributed by atoms with Gasteiger partial charge in [-0.15, -0.1) is 0 Å². The number of hydrogen-bond acceptors (Lipinski definition) is 4. The number of hydrogen-bond donors (Lipinski definition) is 1. The molecule has 0 heterocycles. The maximum absolute atomic E-state index is 11.4. The van der Waals surface area contributed by atoms with E-state index in [4.69, 9.17) is 14.6 Å². The van der Waals surface area contributed by atoms with Crippen molar-refractivity contribution in [2.45, 2.75) is 33.8 Å². The Kier molecular flexibility index (Phi) is 5.16. The molecule has 0 radical (unpaired) electrons. The number of aliphatic hydroxyl groups is 1. The van der Waals surface area contributed by atoms with E-state index in [2.05, 4.69) is 20.8 Å². The van der Waals surface area contributed by atoms with Crippen LogP contribution in [0.15, 0.2) is 24.3 Å². The van der Waals surface area contributed by atoms with Crippen LogP contribution in [0.2, 0.25) is 0 Å². The van der Waals surface area contributed by atoms with E-state index in [1.54, 1.807) is 24.3 Å². The average Bonchev–Trinajstić information content (AvgIpc) is 2.28. The van der Waals surface area contributed by atoms with Crippen molar-refractivity contribution in [1.29, 1.82) is 0 Å². The predicted molar refractivity (Wildman–Crippen MR) is 68.4 cm³/mol. The van der Waals surface area contributed by atoms with Crippen LogP contribution < -0.4 is 4.74 Å². The summed E-state index contributed by atoms with van der Waals surface area (Å²) in [6.45, 7) is 6.55. The van der Waals surface area contributed by atoms with E-state index in [1.165, 1.54) is 0 Å². The topological polar surface area (TPSA) is 55.8 Å². The van der Waals surface area contributed by atoms with Gasteiger partial charge in [0.05, 0.1) is 13.2 Å². The van der Waals surface area contributed by atoms with Crippen molar-refractivity contribution >= 4 is 6.16 Å². The summed E-state index contributed by atoms with van der Waals surface area (Å²) in [5.74, 6) is 0.410. The molecule has 0 aromatic heterocycles. The van der Waals surface area contributed by atoms with E-state index in [0.29, 0.717) is 12.4 Å². The highest BCUT2D eigenvalue weighted by Crippen LogP contribution is 2.18. The zero-order valence-electron chi connectivity index (χ0n) is 11.1.